The fraction of sp³-hybridized carbons (Fsp3) is 0.474. The summed E-state index contributed by atoms with van der Waals surface area (Å²) < 4.78 is 6.73. The number of rotatable bonds is 5. The Kier molecular flexibility index (Phi) is 5.16. The number of hydrogen-bond acceptors (Lipinski definition) is 4. The Morgan fingerprint density at radius 3 is 2.63 bits per heavy atom. The number of ketones is 1. The van der Waals surface area contributed by atoms with Crippen LogP contribution in [0.4, 0.5) is 0 Å². The second-order valence-electron chi connectivity index (χ2n) is 7.14. The topological polar surface area (TPSA) is 67.3 Å². The van der Waals surface area contributed by atoms with E-state index in [9.17, 15) is 9.59 Å². The van der Waals surface area contributed by atoms with Crippen LogP contribution in [0.25, 0.3) is 0 Å². The van der Waals surface area contributed by atoms with Crippen LogP contribution in [0.2, 0.25) is 10.0 Å². The standard InChI is InChI=1S/C19H21Cl2N3O3/c1-23-19(26)15(17(22-23)11-2-3-11)18(25)12-4-5-14(20)13(16(12)21)10-24-6-8-27-9-7-24/h4-5,11,22H,2-3,6-10H2,1H3. The summed E-state index contributed by atoms with van der Waals surface area (Å²) in [7, 11) is 1.62. The molecule has 2 aromatic rings. The van der Waals surface area contributed by atoms with Gasteiger partial charge in [0.25, 0.3) is 5.56 Å². The number of H-pyrrole nitrogens is 1. The van der Waals surface area contributed by atoms with Crippen molar-refractivity contribution in [3.8, 4) is 0 Å². The van der Waals surface area contributed by atoms with Crippen molar-refractivity contribution in [1.29, 1.82) is 0 Å². The molecule has 0 amide bonds. The summed E-state index contributed by atoms with van der Waals surface area (Å²) in [4.78, 5) is 27.9. The van der Waals surface area contributed by atoms with Gasteiger partial charge in [0.05, 0.1) is 23.9 Å². The molecular weight excluding hydrogens is 389 g/mol. The summed E-state index contributed by atoms with van der Waals surface area (Å²) in [6.45, 7) is 3.45. The SMILES string of the molecule is Cn1[nH]c(C2CC2)c(C(=O)c2ccc(Cl)c(CN3CCOCC3)c2Cl)c1=O. The fourth-order valence-electron chi connectivity index (χ4n) is 3.49. The van der Waals surface area contributed by atoms with Crippen molar-refractivity contribution in [2.45, 2.75) is 25.3 Å². The van der Waals surface area contributed by atoms with Gasteiger partial charge in [0.1, 0.15) is 5.56 Å². The molecule has 0 radical (unpaired) electrons. The third kappa shape index (κ3) is 3.59. The Morgan fingerprint density at radius 1 is 1.26 bits per heavy atom. The van der Waals surface area contributed by atoms with Gasteiger partial charge in [-0.1, -0.05) is 23.2 Å². The Morgan fingerprint density at radius 2 is 1.96 bits per heavy atom. The van der Waals surface area contributed by atoms with E-state index < -0.39 is 0 Å². The summed E-state index contributed by atoms with van der Waals surface area (Å²) in [6.07, 6.45) is 1.97. The van der Waals surface area contributed by atoms with Gasteiger partial charge in [-0.2, -0.15) is 0 Å². The van der Waals surface area contributed by atoms with Gasteiger partial charge in [-0.25, -0.2) is 0 Å². The molecule has 27 heavy (non-hydrogen) atoms. The zero-order valence-electron chi connectivity index (χ0n) is 15.1. The van der Waals surface area contributed by atoms with Crippen LogP contribution >= 0.6 is 23.2 Å². The number of morpholine rings is 1. The molecule has 2 heterocycles. The molecule has 1 aliphatic carbocycles. The van der Waals surface area contributed by atoms with Crippen molar-refractivity contribution in [2.75, 3.05) is 26.3 Å². The van der Waals surface area contributed by atoms with E-state index in [4.69, 9.17) is 27.9 Å². The lowest BCUT2D eigenvalue weighted by Gasteiger charge is -2.27. The number of carbonyl (C=O) groups is 1. The summed E-state index contributed by atoms with van der Waals surface area (Å²) in [6, 6.07) is 3.29. The van der Waals surface area contributed by atoms with E-state index in [1.54, 1.807) is 19.2 Å². The van der Waals surface area contributed by atoms with Gasteiger partial charge >= 0.3 is 0 Å². The lowest BCUT2D eigenvalue weighted by atomic mass is 9.99. The van der Waals surface area contributed by atoms with Crippen LogP contribution in [0.3, 0.4) is 0 Å². The Hall–Kier alpha value is -1.60. The van der Waals surface area contributed by atoms with Crippen molar-refractivity contribution in [3.05, 3.63) is 54.9 Å². The van der Waals surface area contributed by atoms with Crippen molar-refractivity contribution in [3.63, 3.8) is 0 Å². The molecule has 1 aliphatic heterocycles. The van der Waals surface area contributed by atoms with E-state index in [1.165, 1.54) is 4.68 Å². The third-order valence-corrected chi connectivity index (χ3v) is 5.99. The predicted molar refractivity (Wildman–Crippen MR) is 104 cm³/mol. The van der Waals surface area contributed by atoms with Crippen LogP contribution in [0.5, 0.6) is 0 Å². The number of carbonyl (C=O) groups excluding carboxylic acids is 1. The van der Waals surface area contributed by atoms with Gasteiger partial charge in [0.2, 0.25) is 5.78 Å². The van der Waals surface area contributed by atoms with Crippen LogP contribution in [0, 0.1) is 0 Å². The number of benzene rings is 1. The monoisotopic (exact) mass is 409 g/mol. The molecule has 2 aliphatic rings. The number of nitrogens with one attached hydrogen (secondary N) is 1. The number of nitrogens with zero attached hydrogens (tertiary/aromatic N) is 2. The third-order valence-electron chi connectivity index (χ3n) is 5.20. The first kappa shape index (κ1) is 18.7. The maximum atomic E-state index is 13.2. The van der Waals surface area contributed by atoms with E-state index in [2.05, 4.69) is 10.00 Å². The molecule has 6 nitrogen and oxygen atoms in total. The summed E-state index contributed by atoms with van der Waals surface area (Å²) in [5, 5.41) is 3.87. The average Bonchev–Trinajstić information content (AvgIpc) is 3.46. The van der Waals surface area contributed by atoms with Crippen molar-refractivity contribution in [1.82, 2.24) is 14.7 Å². The molecule has 144 valence electrons. The molecule has 0 spiro atoms. The number of aryl methyl sites for hydroxylation is 1. The molecule has 0 unspecified atom stereocenters. The van der Waals surface area contributed by atoms with Crippen LogP contribution < -0.4 is 5.56 Å². The summed E-state index contributed by atoms with van der Waals surface area (Å²) in [5.74, 6) is -0.0969. The number of ether oxygens (including phenoxy) is 1. The second kappa shape index (κ2) is 7.43. The Balaban J connectivity index is 1.71. The molecule has 1 aromatic heterocycles. The van der Waals surface area contributed by atoms with E-state index >= 15 is 0 Å². The first-order valence-corrected chi connectivity index (χ1v) is 9.83. The second-order valence-corrected chi connectivity index (χ2v) is 7.93. The van der Waals surface area contributed by atoms with Gasteiger partial charge in [0, 0.05) is 48.7 Å². The van der Waals surface area contributed by atoms with E-state index in [0.717, 1.165) is 25.9 Å². The number of aromatic nitrogens is 2. The van der Waals surface area contributed by atoms with E-state index in [1.807, 2.05) is 0 Å². The van der Waals surface area contributed by atoms with Crippen molar-refractivity contribution in [2.24, 2.45) is 7.05 Å². The zero-order valence-corrected chi connectivity index (χ0v) is 16.6. The van der Waals surface area contributed by atoms with Crippen LogP contribution in [-0.2, 0) is 18.3 Å². The molecule has 1 aromatic carbocycles. The van der Waals surface area contributed by atoms with E-state index in [-0.39, 0.29) is 22.8 Å². The predicted octanol–water partition coefficient (Wildman–Crippen LogP) is 2.96. The van der Waals surface area contributed by atoms with Crippen molar-refractivity contribution >= 4 is 29.0 Å². The number of hydrogen-bond donors (Lipinski definition) is 1. The minimum atomic E-state index is -0.344. The number of aromatic amines is 1. The highest BCUT2D eigenvalue weighted by Gasteiger charge is 2.34. The summed E-state index contributed by atoms with van der Waals surface area (Å²) >= 11 is 13.0. The first-order valence-electron chi connectivity index (χ1n) is 9.08. The minimum absolute atomic E-state index is 0.196. The van der Waals surface area contributed by atoms with Crippen LogP contribution in [0.1, 0.15) is 45.9 Å². The molecule has 2 fully saturated rings. The molecule has 4 rings (SSSR count). The Labute approximate surface area is 167 Å². The molecule has 8 heteroatoms. The highest BCUT2D eigenvalue weighted by atomic mass is 35.5. The molecule has 1 saturated heterocycles. The van der Waals surface area contributed by atoms with E-state index in [0.29, 0.717) is 46.6 Å². The average molecular weight is 410 g/mol. The molecule has 0 atom stereocenters. The quantitative estimate of drug-likeness (QED) is 0.770. The van der Waals surface area contributed by atoms with Gasteiger partial charge in [-0.05, 0) is 25.0 Å². The largest absolute Gasteiger partial charge is 0.379 e. The lowest BCUT2D eigenvalue weighted by molar-refractivity contribution is 0.0342. The maximum Gasteiger partial charge on any atom is 0.277 e. The molecule has 1 N–H and O–H groups in total. The lowest BCUT2D eigenvalue weighted by Crippen LogP contribution is -2.35. The zero-order chi connectivity index (χ0) is 19.1. The normalized spacial score (nSPS) is 18.0. The van der Waals surface area contributed by atoms with Gasteiger partial charge < -0.3 is 4.74 Å². The summed E-state index contributed by atoms with van der Waals surface area (Å²) in [5.41, 5.74) is 1.63. The minimum Gasteiger partial charge on any atom is -0.379 e. The molecule has 1 saturated carbocycles. The van der Waals surface area contributed by atoms with Crippen LogP contribution in [0.15, 0.2) is 16.9 Å². The highest BCUT2D eigenvalue weighted by Crippen LogP contribution is 2.41. The smallest absolute Gasteiger partial charge is 0.277 e. The molecule has 0 bridgehead atoms. The van der Waals surface area contributed by atoms with Crippen molar-refractivity contribution < 1.29 is 9.53 Å². The van der Waals surface area contributed by atoms with Gasteiger partial charge in [-0.15, -0.1) is 0 Å². The maximum absolute atomic E-state index is 13.2. The van der Waals surface area contributed by atoms with Crippen LogP contribution in [-0.4, -0.2) is 46.8 Å². The fourth-order valence-corrected chi connectivity index (χ4v) is 4.07. The van der Waals surface area contributed by atoms with Gasteiger partial charge in [0.15, 0.2) is 0 Å². The Bertz CT molecular complexity index is 940. The highest BCUT2D eigenvalue weighted by molar-refractivity contribution is 6.38. The molecular formula is C19H21Cl2N3O3. The number of halogens is 2. The first-order chi connectivity index (χ1) is 13.0. The van der Waals surface area contributed by atoms with Gasteiger partial charge in [-0.3, -0.25) is 24.3 Å².